The van der Waals surface area contributed by atoms with Crippen LogP contribution in [-0.2, 0) is 5.41 Å². The number of anilines is 2. The lowest BCUT2D eigenvalue weighted by Crippen LogP contribution is -2.34. The normalized spacial score (nSPS) is 15.1. The summed E-state index contributed by atoms with van der Waals surface area (Å²) >= 11 is 0. The van der Waals surface area contributed by atoms with Crippen molar-refractivity contribution in [3.63, 3.8) is 0 Å². The van der Waals surface area contributed by atoms with Crippen molar-refractivity contribution in [1.82, 2.24) is 0 Å². The van der Waals surface area contributed by atoms with Crippen LogP contribution in [0.15, 0.2) is 177 Å². The fourth-order valence-electron chi connectivity index (χ4n) is 9.21. The Balaban J connectivity index is 0.000000392. The summed E-state index contributed by atoms with van der Waals surface area (Å²) in [7, 11) is 0. The topological polar surface area (TPSA) is 3.24 Å². The van der Waals surface area contributed by atoms with Crippen molar-refractivity contribution in [2.24, 2.45) is 5.92 Å². The molecule has 0 bridgehead atoms. The standard InChI is InChI=1S/C47H47N.C12H10/c1-8-13-46(42-28-31(2)18-19-34(42)5)48(38-26-27-45-43(30-38)40-16-11-12-17-44(40)47(45,6)7)37-24-22-35(23-25-37)36-21-20-33(4)41(29-36)39-15-10-9-14-32(39)3;1-4-10-8-7-9-11(5-2)12(10)6-3/h8-12,14-27,29-31,46H,1,13,28H2,2-7H3;1,5-9H,2-3H2. The van der Waals surface area contributed by atoms with E-state index in [1.165, 1.54) is 78.2 Å². The molecule has 0 saturated heterocycles. The molecule has 0 spiro atoms. The zero-order chi connectivity index (χ0) is 42.6. The number of aryl methyl sites for hydroxylation is 2. The van der Waals surface area contributed by atoms with E-state index in [0.717, 1.165) is 29.5 Å². The molecule has 1 heteroatoms. The van der Waals surface area contributed by atoms with E-state index in [-0.39, 0.29) is 11.5 Å². The molecule has 0 N–H and O–H groups in total. The van der Waals surface area contributed by atoms with Gasteiger partial charge in [-0.2, -0.15) is 0 Å². The number of benzene rings is 6. The molecule has 0 heterocycles. The Morgan fingerprint density at radius 3 is 2.07 bits per heavy atom. The molecule has 2 atom stereocenters. The van der Waals surface area contributed by atoms with Crippen LogP contribution in [0.2, 0.25) is 0 Å². The Bertz CT molecular complexity index is 2690. The summed E-state index contributed by atoms with van der Waals surface area (Å²) in [6.07, 6.45) is 17.5. The summed E-state index contributed by atoms with van der Waals surface area (Å²) in [5.74, 6) is 3.11. The molecule has 2 aliphatic rings. The second-order valence-electron chi connectivity index (χ2n) is 16.8. The van der Waals surface area contributed by atoms with Crippen LogP contribution in [0.3, 0.4) is 0 Å². The summed E-state index contributed by atoms with van der Waals surface area (Å²) in [6, 6.07) is 46.8. The molecule has 8 rings (SSSR count). The maximum atomic E-state index is 5.32. The third kappa shape index (κ3) is 8.04. The van der Waals surface area contributed by atoms with Crippen LogP contribution >= 0.6 is 0 Å². The van der Waals surface area contributed by atoms with Gasteiger partial charge in [-0.25, -0.2) is 0 Å². The number of allylic oxidation sites excluding steroid dienone is 3. The van der Waals surface area contributed by atoms with E-state index in [4.69, 9.17) is 6.42 Å². The number of rotatable bonds is 10. The first kappa shape index (κ1) is 41.5. The van der Waals surface area contributed by atoms with Gasteiger partial charge in [0.1, 0.15) is 0 Å². The summed E-state index contributed by atoms with van der Waals surface area (Å²) in [6.45, 7) is 25.4. The highest BCUT2D eigenvalue weighted by Crippen LogP contribution is 2.50. The van der Waals surface area contributed by atoms with Crippen molar-refractivity contribution in [1.29, 1.82) is 0 Å². The Kier molecular flexibility index (Phi) is 12.3. The van der Waals surface area contributed by atoms with E-state index in [1.54, 1.807) is 12.2 Å². The number of fused-ring (bicyclic) bond motifs is 3. The second-order valence-corrected chi connectivity index (χ2v) is 16.8. The van der Waals surface area contributed by atoms with Gasteiger partial charge in [-0.1, -0.05) is 167 Å². The second kappa shape index (κ2) is 17.7. The molecule has 0 amide bonds. The van der Waals surface area contributed by atoms with Crippen LogP contribution in [0.5, 0.6) is 0 Å². The average Bonchev–Trinajstić information content (AvgIpc) is 3.50. The van der Waals surface area contributed by atoms with Gasteiger partial charge in [0, 0.05) is 22.4 Å². The minimum absolute atomic E-state index is 0.0225. The molecule has 6 aromatic carbocycles. The quantitative estimate of drug-likeness (QED) is 0.0989. The molecule has 0 saturated carbocycles. The zero-order valence-corrected chi connectivity index (χ0v) is 36.2. The van der Waals surface area contributed by atoms with Crippen molar-refractivity contribution in [2.75, 3.05) is 4.90 Å². The van der Waals surface area contributed by atoms with Gasteiger partial charge in [-0.15, -0.1) is 13.0 Å². The summed E-state index contributed by atoms with van der Waals surface area (Å²) in [5, 5.41) is 0. The van der Waals surface area contributed by atoms with Gasteiger partial charge in [0.05, 0.1) is 6.04 Å². The number of nitrogens with zero attached hydrogens (tertiary/aromatic N) is 1. The van der Waals surface area contributed by atoms with E-state index in [1.807, 2.05) is 18.2 Å². The van der Waals surface area contributed by atoms with E-state index < -0.39 is 0 Å². The van der Waals surface area contributed by atoms with Crippen LogP contribution in [0.25, 0.3) is 45.5 Å². The summed E-state index contributed by atoms with van der Waals surface area (Å²) in [5.41, 5.74) is 21.3. The number of hydrogen-bond donors (Lipinski definition) is 0. The third-order valence-electron chi connectivity index (χ3n) is 12.5. The number of terminal acetylenes is 1. The largest absolute Gasteiger partial charge is 0.334 e. The maximum Gasteiger partial charge on any atom is 0.0591 e. The maximum absolute atomic E-state index is 5.32. The minimum atomic E-state index is -0.0225. The lowest BCUT2D eigenvalue weighted by atomic mass is 9.82. The van der Waals surface area contributed by atoms with Gasteiger partial charge in [-0.05, 0) is 148 Å². The van der Waals surface area contributed by atoms with Gasteiger partial charge in [0.25, 0.3) is 0 Å². The number of hydrogen-bond acceptors (Lipinski definition) is 1. The van der Waals surface area contributed by atoms with Gasteiger partial charge in [-0.3, -0.25) is 0 Å². The Labute approximate surface area is 359 Å². The highest BCUT2D eigenvalue weighted by molar-refractivity contribution is 5.85. The van der Waals surface area contributed by atoms with Gasteiger partial charge in [0.2, 0.25) is 0 Å². The molecule has 1 nitrogen and oxygen atoms in total. The van der Waals surface area contributed by atoms with Gasteiger partial charge in [0.15, 0.2) is 0 Å². The van der Waals surface area contributed by atoms with Crippen molar-refractivity contribution < 1.29 is 0 Å². The molecule has 0 aromatic heterocycles. The van der Waals surface area contributed by atoms with Crippen molar-refractivity contribution >= 4 is 23.5 Å². The molecule has 6 aromatic rings. The van der Waals surface area contributed by atoms with Crippen molar-refractivity contribution in [2.45, 2.75) is 65.8 Å². The smallest absolute Gasteiger partial charge is 0.0591 e. The van der Waals surface area contributed by atoms with Crippen molar-refractivity contribution in [3.05, 3.63) is 215 Å². The first-order valence-corrected chi connectivity index (χ1v) is 21.1. The van der Waals surface area contributed by atoms with Crippen LogP contribution in [0, 0.1) is 32.1 Å². The first-order valence-electron chi connectivity index (χ1n) is 21.1. The highest BCUT2D eigenvalue weighted by Gasteiger charge is 2.36. The first-order chi connectivity index (χ1) is 29.0. The van der Waals surface area contributed by atoms with Crippen LogP contribution < -0.4 is 4.90 Å². The zero-order valence-electron chi connectivity index (χ0n) is 36.2. The van der Waals surface area contributed by atoms with E-state index in [9.17, 15) is 0 Å². The van der Waals surface area contributed by atoms with E-state index >= 15 is 0 Å². The predicted octanol–water partition coefficient (Wildman–Crippen LogP) is 15.9. The molecule has 2 unspecified atom stereocenters. The molecule has 0 fully saturated rings. The molecular formula is C59H57N. The molecule has 298 valence electrons. The van der Waals surface area contributed by atoms with Gasteiger partial charge >= 0.3 is 0 Å². The van der Waals surface area contributed by atoms with Gasteiger partial charge < -0.3 is 4.90 Å². The molecule has 0 radical (unpaired) electrons. The molecular weight excluding hydrogens is 723 g/mol. The molecule has 0 aliphatic heterocycles. The predicted molar refractivity (Wildman–Crippen MR) is 262 cm³/mol. The van der Waals surface area contributed by atoms with E-state index in [2.05, 4.69) is 200 Å². The molecule has 60 heavy (non-hydrogen) atoms. The summed E-state index contributed by atoms with van der Waals surface area (Å²) in [4.78, 5) is 2.58. The Hall–Kier alpha value is -6.62. The van der Waals surface area contributed by atoms with E-state index in [0.29, 0.717) is 5.92 Å². The summed E-state index contributed by atoms with van der Waals surface area (Å²) < 4.78 is 0. The lowest BCUT2D eigenvalue weighted by Gasteiger charge is -2.38. The minimum Gasteiger partial charge on any atom is -0.334 e. The fourth-order valence-corrected chi connectivity index (χ4v) is 9.21. The Morgan fingerprint density at radius 1 is 0.700 bits per heavy atom. The Morgan fingerprint density at radius 2 is 1.37 bits per heavy atom. The SMILES string of the molecule is C#Cc1cccc(C=C)c1C=C.C=CCC(C1=C(C)C=CC(C)C1)N(c1ccc(-c2ccc(C)c(-c3ccccc3C)c2)cc1)c1ccc2c(c1)-c1ccccc1C2(C)C. The van der Waals surface area contributed by atoms with Crippen molar-refractivity contribution in [3.8, 4) is 45.7 Å². The average molecular weight is 780 g/mol. The molecule has 2 aliphatic carbocycles. The monoisotopic (exact) mass is 779 g/mol. The van der Waals surface area contributed by atoms with Crippen LogP contribution in [-0.4, -0.2) is 6.04 Å². The van der Waals surface area contributed by atoms with Crippen LogP contribution in [0.4, 0.5) is 11.4 Å². The van der Waals surface area contributed by atoms with Crippen LogP contribution in [0.1, 0.15) is 79.5 Å². The lowest BCUT2D eigenvalue weighted by molar-refractivity contribution is 0.622. The third-order valence-corrected chi connectivity index (χ3v) is 12.5. The fraction of sp³-hybridized carbons (Fsp3) is 0.186. The highest BCUT2D eigenvalue weighted by atomic mass is 15.2.